The molecule has 0 N–H and O–H groups in total. The molecule has 1 aliphatic heterocycles. The smallest absolute Gasteiger partial charge is 0.324 e. The molecule has 0 saturated carbocycles. The van der Waals surface area contributed by atoms with Crippen molar-refractivity contribution in [2.45, 2.75) is 25.6 Å². The molecule has 0 spiro atoms. The van der Waals surface area contributed by atoms with Crippen LogP contribution in [0.15, 0.2) is 60.7 Å². The summed E-state index contributed by atoms with van der Waals surface area (Å²) >= 11 is 0. The zero-order valence-electron chi connectivity index (χ0n) is 12.9. The number of likely N-dealkylation sites (tertiary alicyclic amines) is 1. The van der Waals surface area contributed by atoms with Crippen molar-refractivity contribution < 1.29 is 14.3 Å². The van der Waals surface area contributed by atoms with Gasteiger partial charge in [0.05, 0.1) is 6.54 Å². The number of hydrogen-bond donors (Lipinski definition) is 0. The average Bonchev–Trinajstić information content (AvgIpc) is 2.95. The van der Waals surface area contributed by atoms with E-state index in [1.54, 1.807) is 0 Å². The van der Waals surface area contributed by atoms with E-state index < -0.39 is 6.04 Å². The molecular weight excluding hydrogens is 290 g/mol. The average molecular weight is 309 g/mol. The summed E-state index contributed by atoms with van der Waals surface area (Å²) in [7, 11) is 0. The van der Waals surface area contributed by atoms with Crippen LogP contribution in [0.4, 0.5) is 0 Å². The number of carbonyl (C=O) groups is 2. The molecule has 23 heavy (non-hydrogen) atoms. The van der Waals surface area contributed by atoms with E-state index in [-0.39, 0.29) is 24.8 Å². The lowest BCUT2D eigenvalue weighted by Gasteiger charge is -2.22. The van der Waals surface area contributed by atoms with Gasteiger partial charge in [-0.15, -0.1) is 0 Å². The Bertz CT molecular complexity index is 670. The maximum absolute atomic E-state index is 12.3. The lowest BCUT2D eigenvalue weighted by molar-refractivity contribution is -0.150. The predicted molar refractivity (Wildman–Crippen MR) is 86.5 cm³/mol. The Morgan fingerprint density at radius 2 is 1.61 bits per heavy atom. The van der Waals surface area contributed by atoms with Crippen LogP contribution in [-0.2, 0) is 27.5 Å². The fraction of sp³-hybridized carbons (Fsp3) is 0.263. The topological polar surface area (TPSA) is 46.6 Å². The molecule has 3 rings (SSSR count). The number of rotatable bonds is 5. The quantitative estimate of drug-likeness (QED) is 0.797. The summed E-state index contributed by atoms with van der Waals surface area (Å²) in [5.41, 5.74) is 2.03. The monoisotopic (exact) mass is 309 g/mol. The normalized spacial score (nSPS) is 18.1. The number of ether oxygens (including phenoxy) is 1. The number of carbonyl (C=O) groups excluding carboxylic acids is 2. The molecule has 118 valence electrons. The minimum absolute atomic E-state index is 0.0857. The molecule has 1 fully saturated rings. The zero-order valence-corrected chi connectivity index (χ0v) is 12.9. The molecule has 1 aliphatic rings. The molecule has 0 aliphatic carbocycles. The minimum atomic E-state index is -0.480. The summed E-state index contributed by atoms with van der Waals surface area (Å²) in [6.07, 6.45) is 0.237. The van der Waals surface area contributed by atoms with Crippen LogP contribution in [0.3, 0.4) is 0 Å². The number of benzene rings is 2. The summed E-state index contributed by atoms with van der Waals surface area (Å²) in [4.78, 5) is 26.0. The van der Waals surface area contributed by atoms with Crippen LogP contribution >= 0.6 is 0 Å². The van der Waals surface area contributed by atoms with E-state index >= 15 is 0 Å². The summed E-state index contributed by atoms with van der Waals surface area (Å²) in [6, 6.07) is 18.9. The van der Waals surface area contributed by atoms with E-state index in [1.165, 1.54) is 0 Å². The Morgan fingerprint density at radius 3 is 2.26 bits per heavy atom. The third-order valence-corrected chi connectivity index (χ3v) is 3.97. The summed E-state index contributed by atoms with van der Waals surface area (Å²) < 4.78 is 5.40. The van der Waals surface area contributed by atoms with Crippen molar-refractivity contribution >= 4 is 11.8 Å². The van der Waals surface area contributed by atoms with Gasteiger partial charge in [0.2, 0.25) is 0 Å². The Balaban J connectivity index is 1.62. The van der Waals surface area contributed by atoms with Crippen LogP contribution < -0.4 is 0 Å². The highest BCUT2D eigenvalue weighted by Crippen LogP contribution is 2.19. The molecule has 0 radical (unpaired) electrons. The van der Waals surface area contributed by atoms with E-state index in [0.29, 0.717) is 13.1 Å². The van der Waals surface area contributed by atoms with Gasteiger partial charge in [-0.05, 0) is 11.1 Å². The second-order valence-electron chi connectivity index (χ2n) is 5.74. The van der Waals surface area contributed by atoms with Crippen molar-refractivity contribution in [3.63, 3.8) is 0 Å². The first-order chi connectivity index (χ1) is 11.2. The lowest BCUT2D eigenvalue weighted by Crippen LogP contribution is -2.36. The van der Waals surface area contributed by atoms with E-state index in [0.717, 1.165) is 11.1 Å². The van der Waals surface area contributed by atoms with Crippen LogP contribution in [0, 0.1) is 0 Å². The van der Waals surface area contributed by atoms with Gasteiger partial charge in [-0.3, -0.25) is 14.5 Å². The van der Waals surface area contributed by atoms with Crippen molar-refractivity contribution in [2.75, 3.05) is 6.54 Å². The fourth-order valence-corrected chi connectivity index (χ4v) is 2.79. The molecule has 1 saturated heterocycles. The van der Waals surface area contributed by atoms with Gasteiger partial charge in [0.25, 0.3) is 0 Å². The summed E-state index contributed by atoms with van der Waals surface area (Å²) in [5, 5.41) is 0. The van der Waals surface area contributed by atoms with Crippen LogP contribution in [0.25, 0.3) is 0 Å². The zero-order chi connectivity index (χ0) is 16.1. The first-order valence-electron chi connectivity index (χ1n) is 7.72. The SMILES string of the molecule is O=C1C[C@H](C(=O)OCc2ccccc2)N(Cc2ccccc2)C1. The third kappa shape index (κ3) is 4.05. The summed E-state index contributed by atoms with van der Waals surface area (Å²) in [5.74, 6) is -0.238. The van der Waals surface area contributed by atoms with Crippen LogP contribution in [0.1, 0.15) is 17.5 Å². The van der Waals surface area contributed by atoms with Crippen molar-refractivity contribution in [1.29, 1.82) is 0 Å². The molecule has 4 nitrogen and oxygen atoms in total. The molecule has 0 unspecified atom stereocenters. The highest BCUT2D eigenvalue weighted by Gasteiger charge is 2.36. The van der Waals surface area contributed by atoms with Crippen molar-refractivity contribution in [3.05, 3.63) is 71.8 Å². The second-order valence-corrected chi connectivity index (χ2v) is 5.74. The molecule has 0 aromatic heterocycles. The maximum Gasteiger partial charge on any atom is 0.324 e. The van der Waals surface area contributed by atoms with Gasteiger partial charge in [-0.25, -0.2) is 0 Å². The van der Waals surface area contributed by atoms with Crippen LogP contribution in [0.5, 0.6) is 0 Å². The molecule has 2 aromatic rings. The molecule has 1 heterocycles. The van der Waals surface area contributed by atoms with Gasteiger partial charge < -0.3 is 4.74 Å². The standard InChI is InChI=1S/C19H19NO3/c21-17-11-18(19(22)23-14-16-9-5-2-6-10-16)20(13-17)12-15-7-3-1-4-8-15/h1-10,18H,11-14H2/t18-/m1/s1. The number of hydrogen-bond acceptors (Lipinski definition) is 4. The maximum atomic E-state index is 12.3. The third-order valence-electron chi connectivity index (χ3n) is 3.97. The molecule has 1 atom stereocenters. The molecule has 0 amide bonds. The van der Waals surface area contributed by atoms with Gasteiger partial charge in [0, 0.05) is 13.0 Å². The minimum Gasteiger partial charge on any atom is -0.460 e. The highest BCUT2D eigenvalue weighted by atomic mass is 16.5. The largest absolute Gasteiger partial charge is 0.460 e. The van der Waals surface area contributed by atoms with E-state index in [2.05, 4.69) is 0 Å². The van der Waals surface area contributed by atoms with Crippen molar-refractivity contribution in [3.8, 4) is 0 Å². The molecule has 2 aromatic carbocycles. The van der Waals surface area contributed by atoms with Crippen molar-refractivity contribution in [1.82, 2.24) is 4.90 Å². The predicted octanol–water partition coefficient (Wildman–Crippen LogP) is 2.57. The Morgan fingerprint density at radius 1 is 1.00 bits per heavy atom. The van der Waals surface area contributed by atoms with Crippen molar-refractivity contribution in [2.24, 2.45) is 0 Å². The first kappa shape index (κ1) is 15.4. The number of Topliss-reactive ketones (excluding diaryl/α,β-unsaturated/α-hetero) is 1. The summed E-state index contributed by atoms with van der Waals surface area (Å²) in [6.45, 7) is 1.13. The number of nitrogens with zero attached hydrogens (tertiary/aromatic N) is 1. The van der Waals surface area contributed by atoms with Gasteiger partial charge in [-0.2, -0.15) is 0 Å². The number of ketones is 1. The molecule has 4 heteroatoms. The van der Waals surface area contributed by atoms with Gasteiger partial charge in [0.15, 0.2) is 0 Å². The first-order valence-corrected chi connectivity index (χ1v) is 7.72. The van der Waals surface area contributed by atoms with Crippen LogP contribution in [-0.4, -0.2) is 29.2 Å². The Kier molecular flexibility index (Phi) is 4.83. The Labute approximate surface area is 135 Å². The van der Waals surface area contributed by atoms with Gasteiger partial charge in [-0.1, -0.05) is 60.7 Å². The molecule has 0 bridgehead atoms. The van der Waals surface area contributed by atoms with Gasteiger partial charge in [0.1, 0.15) is 18.4 Å². The van der Waals surface area contributed by atoms with E-state index in [9.17, 15) is 9.59 Å². The van der Waals surface area contributed by atoms with E-state index in [4.69, 9.17) is 4.74 Å². The second kappa shape index (κ2) is 7.20. The Hall–Kier alpha value is -2.46. The fourth-order valence-electron chi connectivity index (χ4n) is 2.79. The molecular formula is C19H19NO3. The number of esters is 1. The lowest BCUT2D eigenvalue weighted by atomic mass is 10.2. The highest BCUT2D eigenvalue weighted by molar-refractivity contribution is 5.91. The van der Waals surface area contributed by atoms with Gasteiger partial charge >= 0.3 is 5.97 Å². The van der Waals surface area contributed by atoms with E-state index in [1.807, 2.05) is 65.6 Å². The van der Waals surface area contributed by atoms with Crippen LogP contribution in [0.2, 0.25) is 0 Å².